The Morgan fingerprint density at radius 1 is 1.45 bits per heavy atom. The van der Waals surface area contributed by atoms with Gasteiger partial charge in [0.25, 0.3) is 0 Å². The fraction of sp³-hybridized carbons (Fsp3) is 0.625. The Labute approximate surface area is 125 Å². The van der Waals surface area contributed by atoms with Gasteiger partial charge in [0.05, 0.1) is 7.11 Å². The van der Waals surface area contributed by atoms with Crippen molar-refractivity contribution < 1.29 is 9.47 Å². The summed E-state index contributed by atoms with van der Waals surface area (Å²) in [5.74, 6) is 4.55. The highest BCUT2D eigenvalue weighted by Crippen LogP contribution is 2.35. The van der Waals surface area contributed by atoms with Crippen LogP contribution in [-0.2, 0) is 13.0 Å². The van der Waals surface area contributed by atoms with Gasteiger partial charge in [0.15, 0.2) is 0 Å². The summed E-state index contributed by atoms with van der Waals surface area (Å²) < 4.78 is 11.4. The third-order valence-electron chi connectivity index (χ3n) is 4.04. The van der Waals surface area contributed by atoms with E-state index >= 15 is 0 Å². The first-order valence-electron chi connectivity index (χ1n) is 7.44. The molecule has 1 fully saturated rings. The summed E-state index contributed by atoms with van der Waals surface area (Å²) in [7, 11) is 1.75. The summed E-state index contributed by atoms with van der Waals surface area (Å²) in [5.41, 5.74) is 2.47. The van der Waals surface area contributed by atoms with Gasteiger partial charge in [-0.2, -0.15) is 11.8 Å². The number of hydrogen-bond donors (Lipinski definition) is 1. The average molecular weight is 293 g/mol. The van der Waals surface area contributed by atoms with Crippen LogP contribution in [0.4, 0.5) is 0 Å². The fourth-order valence-corrected chi connectivity index (χ4v) is 4.07. The molecule has 3 nitrogen and oxygen atoms in total. The molecule has 1 aromatic carbocycles. The molecule has 1 aromatic rings. The number of fused-ring (bicyclic) bond motifs is 1. The van der Waals surface area contributed by atoms with E-state index in [4.69, 9.17) is 9.47 Å². The normalized spacial score (nSPS) is 25.1. The molecule has 2 unspecified atom stereocenters. The zero-order valence-electron chi connectivity index (χ0n) is 12.3. The van der Waals surface area contributed by atoms with E-state index < -0.39 is 0 Å². The van der Waals surface area contributed by atoms with Gasteiger partial charge in [-0.1, -0.05) is 0 Å². The highest BCUT2D eigenvalue weighted by Gasteiger charge is 2.22. The third-order valence-corrected chi connectivity index (χ3v) is 5.26. The predicted molar refractivity (Wildman–Crippen MR) is 84.0 cm³/mol. The van der Waals surface area contributed by atoms with Crippen molar-refractivity contribution in [2.24, 2.45) is 0 Å². The minimum Gasteiger partial charge on any atom is -0.496 e. The van der Waals surface area contributed by atoms with Crippen molar-refractivity contribution in [3.63, 3.8) is 0 Å². The van der Waals surface area contributed by atoms with Crippen LogP contribution in [0.2, 0.25) is 0 Å². The van der Waals surface area contributed by atoms with Crippen LogP contribution in [0.1, 0.15) is 30.9 Å². The average Bonchev–Trinajstić information content (AvgIpc) is 2.84. The molecule has 4 heteroatoms. The lowest BCUT2D eigenvalue weighted by molar-refractivity contribution is 0.254. The van der Waals surface area contributed by atoms with Crippen molar-refractivity contribution in [3.8, 4) is 11.5 Å². The van der Waals surface area contributed by atoms with Crippen LogP contribution >= 0.6 is 11.8 Å². The predicted octanol–water partition coefficient (Wildman–Crippen LogP) is 3.00. The second kappa shape index (κ2) is 6.27. The molecule has 3 rings (SSSR count). The lowest BCUT2D eigenvalue weighted by Crippen LogP contribution is -2.33. The molecule has 2 aliphatic rings. The van der Waals surface area contributed by atoms with E-state index in [9.17, 15) is 0 Å². The van der Waals surface area contributed by atoms with Gasteiger partial charge in [-0.25, -0.2) is 0 Å². The Morgan fingerprint density at radius 3 is 3.10 bits per heavy atom. The number of benzene rings is 1. The van der Waals surface area contributed by atoms with E-state index in [1.165, 1.54) is 35.5 Å². The van der Waals surface area contributed by atoms with Crippen molar-refractivity contribution in [2.45, 2.75) is 44.9 Å². The minimum absolute atomic E-state index is 0.285. The molecule has 0 radical (unpaired) electrons. The van der Waals surface area contributed by atoms with E-state index in [0.717, 1.165) is 24.5 Å². The molecule has 2 atom stereocenters. The largest absolute Gasteiger partial charge is 0.496 e. The van der Waals surface area contributed by atoms with Crippen molar-refractivity contribution in [1.29, 1.82) is 0 Å². The molecule has 0 bridgehead atoms. The van der Waals surface area contributed by atoms with Gasteiger partial charge in [0.1, 0.15) is 17.6 Å². The summed E-state index contributed by atoms with van der Waals surface area (Å²) in [5, 5.41) is 3.66. The quantitative estimate of drug-likeness (QED) is 0.924. The zero-order chi connectivity index (χ0) is 13.9. The van der Waals surface area contributed by atoms with Gasteiger partial charge in [-0.05, 0) is 37.7 Å². The van der Waals surface area contributed by atoms with E-state index in [0.29, 0.717) is 6.04 Å². The molecule has 1 saturated heterocycles. The maximum absolute atomic E-state index is 5.85. The van der Waals surface area contributed by atoms with Crippen LogP contribution in [0.15, 0.2) is 12.1 Å². The first kappa shape index (κ1) is 14.1. The molecule has 0 amide bonds. The van der Waals surface area contributed by atoms with Crippen molar-refractivity contribution in [3.05, 3.63) is 23.3 Å². The zero-order valence-corrected chi connectivity index (χ0v) is 13.1. The number of methoxy groups -OCH3 is 1. The SMILES string of the molecule is COc1cc2c(cc1CNC1CCCSC1)OC(C)C2. The van der Waals surface area contributed by atoms with Gasteiger partial charge in [-0.3, -0.25) is 0 Å². The summed E-state index contributed by atoms with van der Waals surface area (Å²) >= 11 is 2.05. The molecule has 0 aliphatic carbocycles. The topological polar surface area (TPSA) is 30.5 Å². The molecule has 1 N–H and O–H groups in total. The first-order chi connectivity index (χ1) is 9.76. The number of ether oxygens (including phenoxy) is 2. The molecular weight excluding hydrogens is 270 g/mol. The maximum Gasteiger partial charge on any atom is 0.123 e. The van der Waals surface area contributed by atoms with Gasteiger partial charge >= 0.3 is 0 Å². The summed E-state index contributed by atoms with van der Waals surface area (Å²) in [4.78, 5) is 0. The van der Waals surface area contributed by atoms with Crippen molar-refractivity contribution >= 4 is 11.8 Å². The number of thioether (sulfide) groups is 1. The van der Waals surface area contributed by atoms with Gasteiger partial charge in [-0.15, -0.1) is 0 Å². The Hall–Kier alpha value is -0.870. The number of nitrogens with one attached hydrogen (secondary N) is 1. The minimum atomic E-state index is 0.285. The van der Waals surface area contributed by atoms with E-state index in [1.807, 2.05) is 0 Å². The van der Waals surface area contributed by atoms with E-state index in [-0.39, 0.29) is 6.10 Å². The Morgan fingerprint density at radius 2 is 2.35 bits per heavy atom. The Balaban J connectivity index is 1.70. The lowest BCUT2D eigenvalue weighted by atomic mass is 10.1. The molecule has 2 aliphatic heterocycles. The lowest BCUT2D eigenvalue weighted by Gasteiger charge is -2.23. The maximum atomic E-state index is 5.85. The van der Waals surface area contributed by atoms with Gasteiger partial charge in [0.2, 0.25) is 0 Å². The van der Waals surface area contributed by atoms with Crippen LogP contribution in [-0.4, -0.2) is 30.8 Å². The second-order valence-electron chi connectivity index (χ2n) is 5.70. The molecule has 110 valence electrons. The Bertz CT molecular complexity index is 472. The molecule has 0 aromatic heterocycles. The van der Waals surface area contributed by atoms with Crippen molar-refractivity contribution in [1.82, 2.24) is 5.32 Å². The monoisotopic (exact) mass is 293 g/mol. The first-order valence-corrected chi connectivity index (χ1v) is 8.59. The summed E-state index contributed by atoms with van der Waals surface area (Å²) in [6.07, 6.45) is 3.88. The standard InChI is InChI=1S/C16H23NO2S/c1-11-6-12-7-15(18-2)13(8-16(12)19-11)9-17-14-4-3-5-20-10-14/h7-8,11,14,17H,3-6,9-10H2,1-2H3. The van der Waals surface area contributed by atoms with Gasteiger partial charge in [0, 0.05) is 35.9 Å². The second-order valence-corrected chi connectivity index (χ2v) is 6.85. The smallest absolute Gasteiger partial charge is 0.123 e. The molecule has 20 heavy (non-hydrogen) atoms. The summed E-state index contributed by atoms with van der Waals surface area (Å²) in [6.45, 7) is 2.98. The molecular formula is C16H23NO2S. The highest BCUT2D eigenvalue weighted by molar-refractivity contribution is 7.99. The highest BCUT2D eigenvalue weighted by atomic mass is 32.2. The van der Waals surface area contributed by atoms with Crippen LogP contribution in [0.25, 0.3) is 0 Å². The van der Waals surface area contributed by atoms with Crippen LogP contribution in [0, 0.1) is 0 Å². The van der Waals surface area contributed by atoms with E-state index in [1.54, 1.807) is 7.11 Å². The molecule has 2 heterocycles. The fourth-order valence-electron chi connectivity index (χ4n) is 2.97. The van der Waals surface area contributed by atoms with Crippen molar-refractivity contribution in [2.75, 3.05) is 18.6 Å². The van der Waals surface area contributed by atoms with Gasteiger partial charge < -0.3 is 14.8 Å². The molecule has 0 spiro atoms. The van der Waals surface area contributed by atoms with E-state index in [2.05, 4.69) is 36.1 Å². The Kier molecular flexibility index (Phi) is 4.41. The van der Waals surface area contributed by atoms with Crippen LogP contribution in [0.3, 0.4) is 0 Å². The third kappa shape index (κ3) is 3.07. The summed E-state index contributed by atoms with van der Waals surface area (Å²) in [6, 6.07) is 4.93. The number of rotatable bonds is 4. The van der Waals surface area contributed by atoms with Crippen LogP contribution < -0.4 is 14.8 Å². The molecule has 0 saturated carbocycles. The van der Waals surface area contributed by atoms with Crippen LogP contribution in [0.5, 0.6) is 11.5 Å². The number of hydrogen-bond acceptors (Lipinski definition) is 4.